The van der Waals surface area contributed by atoms with E-state index >= 15 is 0 Å². The van der Waals surface area contributed by atoms with Crippen LogP contribution in [0.25, 0.3) is 4.85 Å². The largest absolute Gasteiger partial charge is 0.359 e. The van der Waals surface area contributed by atoms with Gasteiger partial charge in [0.2, 0.25) is 0 Å². The maximum Gasteiger partial charge on any atom is 0.290 e. The van der Waals surface area contributed by atoms with Crippen molar-refractivity contribution in [2.45, 2.75) is 6.92 Å². The third kappa shape index (κ3) is 1.03. The molecule has 0 saturated heterocycles. The summed E-state index contributed by atoms with van der Waals surface area (Å²) in [6.07, 6.45) is 3.09. The number of rotatable bonds is 0. The van der Waals surface area contributed by atoms with Gasteiger partial charge in [0, 0.05) is 0 Å². The zero-order chi connectivity index (χ0) is 6.69. The Bertz CT molecular complexity index is 249. The van der Waals surface area contributed by atoms with Gasteiger partial charge in [-0.05, 0) is 6.92 Å². The number of aromatic nitrogens is 2. The van der Waals surface area contributed by atoms with Crippen molar-refractivity contribution in [3.05, 3.63) is 29.5 Å². The van der Waals surface area contributed by atoms with Gasteiger partial charge in [-0.1, -0.05) is 6.57 Å². The van der Waals surface area contributed by atoms with Gasteiger partial charge in [-0.25, -0.2) is 0 Å². The van der Waals surface area contributed by atoms with Crippen LogP contribution >= 0.6 is 0 Å². The smallest absolute Gasteiger partial charge is 0.290 e. The van der Waals surface area contributed by atoms with E-state index in [9.17, 15) is 0 Å². The van der Waals surface area contributed by atoms with Crippen LogP contribution in [0, 0.1) is 13.5 Å². The molecule has 0 spiro atoms. The lowest BCUT2D eigenvalue weighted by Crippen LogP contribution is -1.80. The number of hydrogen-bond donors (Lipinski definition) is 0. The van der Waals surface area contributed by atoms with Crippen LogP contribution in [-0.4, -0.2) is 9.97 Å². The Morgan fingerprint density at radius 1 is 1.44 bits per heavy atom. The quantitative estimate of drug-likeness (QED) is 0.482. The Morgan fingerprint density at radius 2 is 2.11 bits per heavy atom. The van der Waals surface area contributed by atoms with Crippen LogP contribution in [0.2, 0.25) is 0 Å². The molecular weight excluding hydrogens is 114 g/mol. The normalized spacial score (nSPS) is 8.44. The highest BCUT2D eigenvalue weighted by Gasteiger charge is 1.94. The van der Waals surface area contributed by atoms with E-state index in [1.807, 2.05) is 0 Å². The molecule has 0 aromatic carbocycles. The summed E-state index contributed by atoms with van der Waals surface area (Å²) in [4.78, 5) is 10.8. The summed E-state index contributed by atoms with van der Waals surface area (Å²) in [5.41, 5.74) is 0.688. The second-order valence-electron chi connectivity index (χ2n) is 1.58. The summed E-state index contributed by atoms with van der Waals surface area (Å²) >= 11 is 0. The minimum atomic E-state index is 0.387. The molecule has 1 rings (SSSR count). The van der Waals surface area contributed by atoms with Gasteiger partial charge in [0.15, 0.2) is 0 Å². The lowest BCUT2D eigenvalue weighted by atomic mass is 10.5. The second kappa shape index (κ2) is 2.23. The molecule has 0 unspecified atom stereocenters. The highest BCUT2D eigenvalue weighted by Crippen LogP contribution is 2.08. The topological polar surface area (TPSA) is 30.1 Å². The summed E-state index contributed by atoms with van der Waals surface area (Å²) in [5, 5.41) is 0. The van der Waals surface area contributed by atoms with Crippen molar-refractivity contribution in [3.63, 3.8) is 0 Å². The molecule has 0 bridgehead atoms. The molecule has 3 heteroatoms. The molecular formula is C6H5N3. The molecule has 9 heavy (non-hydrogen) atoms. The SMILES string of the molecule is [C-]#[N+]c1nccnc1C. The van der Waals surface area contributed by atoms with Gasteiger partial charge in [-0.2, -0.15) is 0 Å². The molecule has 0 N–H and O–H groups in total. The minimum Gasteiger partial charge on any atom is -0.359 e. The molecule has 0 aliphatic rings. The van der Waals surface area contributed by atoms with Crippen LogP contribution in [-0.2, 0) is 0 Å². The lowest BCUT2D eigenvalue weighted by molar-refractivity contribution is 1.14. The summed E-state index contributed by atoms with van der Waals surface area (Å²) in [7, 11) is 0. The Hall–Kier alpha value is -1.43. The van der Waals surface area contributed by atoms with Crippen molar-refractivity contribution in [2.24, 2.45) is 0 Å². The third-order valence-corrected chi connectivity index (χ3v) is 0.961. The molecule has 3 nitrogen and oxygen atoms in total. The van der Waals surface area contributed by atoms with Gasteiger partial charge in [0.1, 0.15) is 6.20 Å². The van der Waals surface area contributed by atoms with E-state index in [-0.39, 0.29) is 0 Å². The standard InChI is InChI=1S/C6H5N3/c1-5-6(7-2)9-4-3-8-5/h3-4H,1H3. The molecule has 0 radical (unpaired) electrons. The molecule has 1 aromatic heterocycles. The van der Waals surface area contributed by atoms with Crippen molar-refractivity contribution in [3.8, 4) is 0 Å². The van der Waals surface area contributed by atoms with E-state index in [1.54, 1.807) is 13.1 Å². The van der Waals surface area contributed by atoms with Gasteiger partial charge in [-0.3, -0.25) is 4.98 Å². The lowest BCUT2D eigenvalue weighted by Gasteiger charge is -1.88. The first-order chi connectivity index (χ1) is 4.34. The van der Waals surface area contributed by atoms with Crippen LogP contribution in [0.15, 0.2) is 12.4 Å². The summed E-state index contributed by atoms with van der Waals surface area (Å²) < 4.78 is 0. The van der Waals surface area contributed by atoms with Crippen LogP contribution < -0.4 is 0 Å². The number of aryl methyl sites for hydroxylation is 1. The Kier molecular flexibility index (Phi) is 1.41. The van der Waals surface area contributed by atoms with Gasteiger partial charge in [0.25, 0.3) is 5.82 Å². The zero-order valence-electron chi connectivity index (χ0n) is 5.00. The van der Waals surface area contributed by atoms with E-state index in [0.717, 1.165) is 0 Å². The predicted octanol–water partition coefficient (Wildman–Crippen LogP) is 1.34. The van der Waals surface area contributed by atoms with Crippen LogP contribution in [0.1, 0.15) is 5.69 Å². The first-order valence-electron chi connectivity index (χ1n) is 2.49. The van der Waals surface area contributed by atoms with Gasteiger partial charge < -0.3 is 4.85 Å². The summed E-state index contributed by atoms with van der Waals surface area (Å²) in [5.74, 6) is 0.387. The van der Waals surface area contributed by atoms with E-state index in [4.69, 9.17) is 6.57 Å². The highest BCUT2D eigenvalue weighted by atomic mass is 14.9. The van der Waals surface area contributed by atoms with E-state index in [0.29, 0.717) is 11.5 Å². The van der Waals surface area contributed by atoms with Crippen molar-refractivity contribution < 1.29 is 0 Å². The third-order valence-electron chi connectivity index (χ3n) is 0.961. The van der Waals surface area contributed by atoms with Crippen molar-refractivity contribution in [1.29, 1.82) is 0 Å². The van der Waals surface area contributed by atoms with E-state index in [1.165, 1.54) is 6.20 Å². The second-order valence-corrected chi connectivity index (χ2v) is 1.58. The highest BCUT2D eigenvalue weighted by molar-refractivity contribution is 5.38. The van der Waals surface area contributed by atoms with Crippen LogP contribution in [0.4, 0.5) is 5.82 Å². The molecule has 1 aromatic rings. The maximum atomic E-state index is 6.61. The molecule has 0 amide bonds. The summed E-state index contributed by atoms with van der Waals surface area (Å²) in [6.45, 7) is 8.37. The molecule has 1 heterocycles. The molecule has 0 aliphatic carbocycles. The number of nitrogens with zero attached hydrogens (tertiary/aromatic N) is 3. The van der Waals surface area contributed by atoms with Gasteiger partial charge in [0.05, 0.1) is 11.9 Å². The van der Waals surface area contributed by atoms with Crippen molar-refractivity contribution in [2.75, 3.05) is 0 Å². The first kappa shape index (κ1) is 5.70. The maximum absolute atomic E-state index is 6.61. The Balaban J connectivity index is 3.20. The fourth-order valence-electron chi connectivity index (χ4n) is 0.510. The van der Waals surface area contributed by atoms with E-state index in [2.05, 4.69) is 14.8 Å². The molecule has 0 saturated carbocycles. The Morgan fingerprint density at radius 3 is 2.56 bits per heavy atom. The molecule has 0 fully saturated rings. The van der Waals surface area contributed by atoms with E-state index < -0.39 is 0 Å². The molecule has 0 aliphatic heterocycles. The van der Waals surface area contributed by atoms with Gasteiger partial charge >= 0.3 is 0 Å². The predicted molar refractivity (Wildman–Crippen MR) is 33.0 cm³/mol. The average molecular weight is 119 g/mol. The molecule has 44 valence electrons. The monoisotopic (exact) mass is 119 g/mol. The zero-order valence-corrected chi connectivity index (χ0v) is 5.00. The first-order valence-corrected chi connectivity index (χ1v) is 2.49. The van der Waals surface area contributed by atoms with Crippen molar-refractivity contribution in [1.82, 2.24) is 9.97 Å². The van der Waals surface area contributed by atoms with Crippen LogP contribution in [0.3, 0.4) is 0 Å². The van der Waals surface area contributed by atoms with Crippen molar-refractivity contribution >= 4 is 5.82 Å². The molecule has 0 atom stereocenters. The van der Waals surface area contributed by atoms with Crippen LogP contribution in [0.5, 0.6) is 0 Å². The fraction of sp³-hybridized carbons (Fsp3) is 0.167. The van der Waals surface area contributed by atoms with Gasteiger partial charge in [-0.15, -0.1) is 4.98 Å². The minimum absolute atomic E-state index is 0.387. The average Bonchev–Trinajstić information content (AvgIpc) is 1.89. The summed E-state index contributed by atoms with van der Waals surface area (Å²) in [6, 6.07) is 0. The Labute approximate surface area is 53.2 Å². The fourth-order valence-corrected chi connectivity index (χ4v) is 0.510. The number of hydrogen-bond acceptors (Lipinski definition) is 2.